The van der Waals surface area contributed by atoms with E-state index in [0.717, 1.165) is 11.4 Å². The van der Waals surface area contributed by atoms with Gasteiger partial charge in [0, 0.05) is 0 Å². The second-order valence-corrected chi connectivity index (χ2v) is 6.89. The van der Waals surface area contributed by atoms with Crippen molar-refractivity contribution in [3.8, 4) is 0 Å². The molecule has 0 radical (unpaired) electrons. The van der Waals surface area contributed by atoms with Crippen LogP contribution in [0.3, 0.4) is 0 Å². The van der Waals surface area contributed by atoms with Gasteiger partial charge in [-0.25, -0.2) is 4.98 Å². The van der Waals surface area contributed by atoms with Gasteiger partial charge in [-0.2, -0.15) is 0 Å². The van der Waals surface area contributed by atoms with Crippen LogP contribution in [-0.2, 0) is 0 Å². The van der Waals surface area contributed by atoms with E-state index in [1.54, 1.807) is 0 Å². The molecule has 0 aromatic carbocycles. The Morgan fingerprint density at radius 1 is 0.778 bits per heavy atom. The minimum Gasteiger partial charge on any atom is -0.249 e. The Hall–Kier alpha value is -1.37. The number of aromatic nitrogens is 1. The lowest BCUT2D eigenvalue weighted by Gasteiger charge is -2.11. The van der Waals surface area contributed by atoms with E-state index in [1.807, 2.05) is 12.1 Å². The molecule has 0 spiro atoms. The van der Waals surface area contributed by atoms with E-state index in [-0.39, 0.29) is 10.8 Å². The molecule has 1 heterocycles. The summed E-state index contributed by atoms with van der Waals surface area (Å²) in [6.45, 7) is 13.1. The molecule has 1 heteroatoms. The average molecular weight is 243 g/mol. The second-order valence-electron chi connectivity index (χ2n) is 6.89. The normalized spacial score (nSPS) is 13.7. The zero-order chi connectivity index (χ0) is 13.8. The average Bonchev–Trinajstić information content (AvgIpc) is 2.22. The molecule has 0 amide bonds. The summed E-state index contributed by atoms with van der Waals surface area (Å²) in [6, 6.07) is 6.13. The van der Waals surface area contributed by atoms with E-state index in [4.69, 9.17) is 0 Å². The van der Waals surface area contributed by atoms with Crippen LogP contribution in [0.4, 0.5) is 0 Å². The summed E-state index contributed by atoms with van der Waals surface area (Å²) in [7, 11) is 0. The van der Waals surface area contributed by atoms with Crippen molar-refractivity contribution in [2.45, 2.75) is 41.5 Å². The van der Waals surface area contributed by atoms with Crippen molar-refractivity contribution in [1.82, 2.24) is 4.98 Å². The maximum absolute atomic E-state index is 4.61. The lowest BCUT2D eigenvalue weighted by Crippen LogP contribution is -1.99. The maximum Gasteiger partial charge on any atom is 0.0633 e. The number of rotatable bonds is 2. The number of hydrogen-bond donors (Lipinski definition) is 0. The van der Waals surface area contributed by atoms with Gasteiger partial charge in [0.15, 0.2) is 0 Å². The first-order valence-electron chi connectivity index (χ1n) is 6.51. The fourth-order valence-corrected chi connectivity index (χ4v) is 1.33. The molecule has 0 saturated heterocycles. The Balaban J connectivity index is 2.87. The minimum absolute atomic E-state index is 0.193. The van der Waals surface area contributed by atoms with Gasteiger partial charge in [0.05, 0.1) is 11.4 Å². The third kappa shape index (κ3) is 6.39. The molecule has 0 N–H and O–H groups in total. The molecule has 1 aromatic rings. The van der Waals surface area contributed by atoms with Gasteiger partial charge in [0.2, 0.25) is 0 Å². The number of hydrogen-bond acceptors (Lipinski definition) is 1. The molecule has 1 nitrogen and oxygen atoms in total. The fourth-order valence-electron chi connectivity index (χ4n) is 1.33. The summed E-state index contributed by atoms with van der Waals surface area (Å²) < 4.78 is 0. The Labute approximate surface area is 112 Å². The first kappa shape index (κ1) is 14.7. The Bertz CT molecular complexity index is 400. The third-order valence-corrected chi connectivity index (χ3v) is 2.30. The van der Waals surface area contributed by atoms with Crippen molar-refractivity contribution < 1.29 is 0 Å². The van der Waals surface area contributed by atoms with E-state index in [0.29, 0.717) is 0 Å². The lowest BCUT2D eigenvalue weighted by atomic mass is 9.95. The van der Waals surface area contributed by atoms with Crippen LogP contribution in [0.1, 0.15) is 52.9 Å². The molecular weight excluding hydrogens is 218 g/mol. The molecule has 0 fully saturated rings. The van der Waals surface area contributed by atoms with Gasteiger partial charge in [-0.1, -0.05) is 59.8 Å². The zero-order valence-corrected chi connectivity index (χ0v) is 12.5. The summed E-state index contributed by atoms with van der Waals surface area (Å²) in [5.74, 6) is 0. The van der Waals surface area contributed by atoms with E-state index in [9.17, 15) is 0 Å². The maximum atomic E-state index is 4.61. The lowest BCUT2D eigenvalue weighted by molar-refractivity contribution is 0.547. The molecule has 0 aliphatic heterocycles. The highest BCUT2D eigenvalue weighted by Crippen LogP contribution is 2.18. The summed E-state index contributed by atoms with van der Waals surface area (Å²) in [4.78, 5) is 4.61. The quantitative estimate of drug-likeness (QED) is 0.695. The van der Waals surface area contributed by atoms with Gasteiger partial charge >= 0.3 is 0 Å². The van der Waals surface area contributed by atoms with Gasteiger partial charge < -0.3 is 0 Å². The smallest absolute Gasteiger partial charge is 0.0633 e. The van der Waals surface area contributed by atoms with Crippen LogP contribution in [0.2, 0.25) is 0 Å². The van der Waals surface area contributed by atoms with Gasteiger partial charge in [0.25, 0.3) is 0 Å². The first-order valence-corrected chi connectivity index (χ1v) is 6.51. The summed E-state index contributed by atoms with van der Waals surface area (Å²) in [6.07, 6.45) is 8.56. The van der Waals surface area contributed by atoms with Crippen molar-refractivity contribution >= 4 is 12.2 Å². The van der Waals surface area contributed by atoms with Crippen LogP contribution in [0.15, 0.2) is 30.4 Å². The summed E-state index contributed by atoms with van der Waals surface area (Å²) in [5.41, 5.74) is 2.42. The third-order valence-electron chi connectivity index (χ3n) is 2.30. The topological polar surface area (TPSA) is 12.9 Å². The van der Waals surface area contributed by atoms with Crippen molar-refractivity contribution in [3.63, 3.8) is 0 Å². The van der Waals surface area contributed by atoms with Crippen molar-refractivity contribution in [1.29, 1.82) is 0 Å². The van der Waals surface area contributed by atoms with Crippen LogP contribution in [0, 0.1) is 10.8 Å². The molecular formula is C17H25N. The van der Waals surface area contributed by atoms with E-state index in [1.165, 1.54) is 0 Å². The zero-order valence-electron chi connectivity index (χ0n) is 12.5. The Morgan fingerprint density at radius 2 is 1.17 bits per heavy atom. The predicted octanol–water partition coefficient (Wildman–Crippen LogP) is 5.20. The van der Waals surface area contributed by atoms with Gasteiger partial charge in [0.1, 0.15) is 0 Å². The molecule has 0 bridgehead atoms. The highest BCUT2D eigenvalue weighted by Gasteiger charge is 2.05. The molecule has 0 unspecified atom stereocenters. The first-order chi connectivity index (χ1) is 8.16. The van der Waals surface area contributed by atoms with Gasteiger partial charge in [-0.05, 0) is 35.1 Å². The van der Waals surface area contributed by atoms with Crippen molar-refractivity contribution in [2.75, 3.05) is 0 Å². The predicted molar refractivity (Wildman–Crippen MR) is 81.2 cm³/mol. The number of nitrogens with zero attached hydrogens (tertiary/aromatic N) is 1. The molecule has 0 aliphatic carbocycles. The molecule has 18 heavy (non-hydrogen) atoms. The van der Waals surface area contributed by atoms with Gasteiger partial charge in [-0.15, -0.1) is 0 Å². The Kier molecular flexibility index (Phi) is 4.50. The minimum atomic E-state index is 0.193. The van der Waals surface area contributed by atoms with Crippen LogP contribution in [0.5, 0.6) is 0 Å². The standard InChI is InChI=1S/C17H25N/c1-16(2,3)12-10-14-8-7-9-15(18-14)11-13-17(4,5)6/h7-13H,1-6H3/b12-10+,13-11+. The summed E-state index contributed by atoms with van der Waals surface area (Å²) in [5, 5.41) is 0. The molecule has 0 atom stereocenters. The SMILES string of the molecule is CC(C)(C)/C=C/c1cccc(/C=C/C(C)(C)C)n1. The fraction of sp³-hybridized carbons (Fsp3) is 0.471. The molecule has 98 valence electrons. The second kappa shape index (κ2) is 5.51. The highest BCUT2D eigenvalue weighted by molar-refractivity contribution is 5.51. The van der Waals surface area contributed by atoms with E-state index in [2.05, 4.69) is 76.9 Å². The highest BCUT2D eigenvalue weighted by atomic mass is 14.7. The van der Waals surface area contributed by atoms with Crippen molar-refractivity contribution in [2.24, 2.45) is 10.8 Å². The molecule has 0 aliphatic rings. The number of allylic oxidation sites excluding steroid dienone is 2. The van der Waals surface area contributed by atoms with E-state index >= 15 is 0 Å². The molecule has 0 saturated carbocycles. The van der Waals surface area contributed by atoms with E-state index < -0.39 is 0 Å². The Morgan fingerprint density at radius 3 is 1.50 bits per heavy atom. The largest absolute Gasteiger partial charge is 0.249 e. The van der Waals surface area contributed by atoms with Gasteiger partial charge in [-0.3, -0.25) is 0 Å². The number of pyridine rings is 1. The van der Waals surface area contributed by atoms with Crippen LogP contribution in [0.25, 0.3) is 12.2 Å². The van der Waals surface area contributed by atoms with Crippen molar-refractivity contribution in [3.05, 3.63) is 41.7 Å². The molecule has 1 rings (SSSR count). The van der Waals surface area contributed by atoms with Crippen LogP contribution >= 0.6 is 0 Å². The summed E-state index contributed by atoms with van der Waals surface area (Å²) >= 11 is 0. The monoisotopic (exact) mass is 243 g/mol. The van der Waals surface area contributed by atoms with Crippen LogP contribution < -0.4 is 0 Å². The van der Waals surface area contributed by atoms with Crippen LogP contribution in [-0.4, -0.2) is 4.98 Å². The molecule has 1 aromatic heterocycles.